The third-order valence-electron chi connectivity index (χ3n) is 4.12. The minimum atomic E-state index is -0.258. The lowest BCUT2D eigenvalue weighted by atomic mass is 10.0. The molecule has 2 unspecified atom stereocenters. The quantitative estimate of drug-likeness (QED) is 0.916. The van der Waals surface area contributed by atoms with E-state index in [9.17, 15) is 10.4 Å². The van der Waals surface area contributed by atoms with Crippen LogP contribution >= 0.6 is 0 Å². The van der Waals surface area contributed by atoms with Crippen molar-refractivity contribution in [3.05, 3.63) is 35.4 Å². The maximum atomic E-state index is 9.70. The second kappa shape index (κ2) is 7.42. The molecule has 1 aliphatic heterocycles. The highest BCUT2D eigenvalue weighted by Crippen LogP contribution is 2.23. The van der Waals surface area contributed by atoms with Gasteiger partial charge in [0.05, 0.1) is 17.7 Å². The number of likely N-dealkylation sites (tertiary alicyclic amines) is 1. The SMILES string of the molecule is CC(O)CC1CCCCCN1Cc1ccccc1C#N. The number of hydrogen-bond donors (Lipinski definition) is 1. The van der Waals surface area contributed by atoms with Crippen LogP contribution in [0.4, 0.5) is 0 Å². The van der Waals surface area contributed by atoms with Gasteiger partial charge in [0.2, 0.25) is 0 Å². The van der Waals surface area contributed by atoms with Gasteiger partial charge in [0.1, 0.15) is 0 Å². The summed E-state index contributed by atoms with van der Waals surface area (Å²) in [6.07, 6.45) is 5.45. The minimum absolute atomic E-state index is 0.258. The van der Waals surface area contributed by atoms with Crippen LogP contribution in [0.15, 0.2) is 24.3 Å². The van der Waals surface area contributed by atoms with E-state index in [1.54, 1.807) is 0 Å². The van der Waals surface area contributed by atoms with Gasteiger partial charge in [-0.3, -0.25) is 4.90 Å². The molecular weight excluding hydrogens is 248 g/mol. The first-order valence-corrected chi connectivity index (χ1v) is 7.61. The van der Waals surface area contributed by atoms with Crippen LogP contribution in [0.1, 0.15) is 50.2 Å². The summed E-state index contributed by atoms with van der Waals surface area (Å²) in [6, 6.07) is 10.6. The van der Waals surface area contributed by atoms with Gasteiger partial charge in [0, 0.05) is 12.6 Å². The molecule has 20 heavy (non-hydrogen) atoms. The van der Waals surface area contributed by atoms with Crippen molar-refractivity contribution in [3.8, 4) is 6.07 Å². The van der Waals surface area contributed by atoms with Gasteiger partial charge in [-0.05, 0) is 44.4 Å². The van der Waals surface area contributed by atoms with Crippen molar-refractivity contribution < 1.29 is 5.11 Å². The normalized spacial score (nSPS) is 21.9. The molecule has 0 radical (unpaired) electrons. The lowest BCUT2D eigenvalue weighted by Gasteiger charge is -2.31. The summed E-state index contributed by atoms with van der Waals surface area (Å²) in [4.78, 5) is 2.45. The zero-order chi connectivity index (χ0) is 14.4. The Morgan fingerprint density at radius 2 is 2.15 bits per heavy atom. The van der Waals surface area contributed by atoms with Gasteiger partial charge in [-0.25, -0.2) is 0 Å². The molecule has 0 bridgehead atoms. The standard InChI is InChI=1S/C17H24N2O/c1-14(20)11-17-9-3-2-6-10-19(17)13-16-8-5-4-7-15(16)12-18/h4-5,7-8,14,17,20H,2-3,6,9-11,13H2,1H3. The van der Waals surface area contributed by atoms with E-state index in [2.05, 4.69) is 11.0 Å². The number of benzene rings is 1. The van der Waals surface area contributed by atoms with Crippen molar-refractivity contribution in [1.82, 2.24) is 4.90 Å². The zero-order valence-corrected chi connectivity index (χ0v) is 12.3. The summed E-state index contributed by atoms with van der Waals surface area (Å²) in [5.41, 5.74) is 1.88. The van der Waals surface area contributed by atoms with Gasteiger partial charge >= 0.3 is 0 Å². The van der Waals surface area contributed by atoms with Crippen molar-refractivity contribution in [2.24, 2.45) is 0 Å². The van der Waals surface area contributed by atoms with Gasteiger partial charge in [-0.15, -0.1) is 0 Å². The first-order valence-electron chi connectivity index (χ1n) is 7.61. The van der Waals surface area contributed by atoms with E-state index in [4.69, 9.17) is 0 Å². The predicted molar refractivity (Wildman–Crippen MR) is 80.1 cm³/mol. The Labute approximate surface area is 121 Å². The Morgan fingerprint density at radius 3 is 2.90 bits per heavy atom. The van der Waals surface area contributed by atoms with Gasteiger partial charge in [0.25, 0.3) is 0 Å². The maximum Gasteiger partial charge on any atom is 0.0995 e. The zero-order valence-electron chi connectivity index (χ0n) is 12.3. The van der Waals surface area contributed by atoms with Crippen LogP contribution in [0.5, 0.6) is 0 Å². The summed E-state index contributed by atoms with van der Waals surface area (Å²) < 4.78 is 0. The molecule has 0 amide bonds. The molecule has 1 N–H and O–H groups in total. The highest BCUT2D eigenvalue weighted by atomic mass is 16.3. The molecule has 1 fully saturated rings. The first kappa shape index (κ1) is 15.0. The van der Waals surface area contributed by atoms with Crippen molar-refractivity contribution >= 4 is 0 Å². The third-order valence-corrected chi connectivity index (χ3v) is 4.12. The van der Waals surface area contributed by atoms with Gasteiger partial charge < -0.3 is 5.11 Å². The highest BCUT2D eigenvalue weighted by Gasteiger charge is 2.23. The maximum absolute atomic E-state index is 9.70. The van der Waals surface area contributed by atoms with E-state index < -0.39 is 0 Å². The lowest BCUT2D eigenvalue weighted by molar-refractivity contribution is 0.108. The second-order valence-electron chi connectivity index (χ2n) is 5.83. The van der Waals surface area contributed by atoms with Gasteiger partial charge in [-0.2, -0.15) is 5.26 Å². The largest absolute Gasteiger partial charge is 0.393 e. The summed E-state index contributed by atoms with van der Waals surface area (Å²) in [7, 11) is 0. The molecular formula is C17H24N2O. The number of aliphatic hydroxyl groups excluding tert-OH is 1. The monoisotopic (exact) mass is 272 g/mol. The third kappa shape index (κ3) is 4.06. The molecule has 3 nitrogen and oxygen atoms in total. The molecule has 2 atom stereocenters. The Morgan fingerprint density at radius 1 is 1.35 bits per heavy atom. The summed E-state index contributed by atoms with van der Waals surface area (Å²) in [6.45, 7) is 3.75. The molecule has 108 valence electrons. The Hall–Kier alpha value is -1.37. The van der Waals surface area contributed by atoms with E-state index in [1.807, 2.05) is 31.2 Å². The number of nitrogens with zero attached hydrogens (tertiary/aromatic N) is 2. The summed E-state index contributed by atoms with van der Waals surface area (Å²) in [5, 5.41) is 18.9. The van der Waals surface area contributed by atoms with E-state index >= 15 is 0 Å². The van der Waals surface area contributed by atoms with Crippen LogP contribution in [0.2, 0.25) is 0 Å². The molecule has 1 saturated heterocycles. The van der Waals surface area contributed by atoms with Crippen molar-refractivity contribution in [2.45, 2.75) is 57.7 Å². The average Bonchev–Trinajstić information content (AvgIpc) is 2.65. The Balaban J connectivity index is 2.12. The average molecular weight is 272 g/mol. The molecule has 0 spiro atoms. The Kier molecular flexibility index (Phi) is 5.58. The number of nitriles is 1. The molecule has 1 aromatic carbocycles. The second-order valence-corrected chi connectivity index (χ2v) is 5.83. The smallest absolute Gasteiger partial charge is 0.0995 e. The van der Waals surface area contributed by atoms with Gasteiger partial charge in [-0.1, -0.05) is 31.0 Å². The van der Waals surface area contributed by atoms with E-state index in [1.165, 1.54) is 19.3 Å². The van der Waals surface area contributed by atoms with E-state index in [-0.39, 0.29) is 6.10 Å². The van der Waals surface area contributed by atoms with Crippen LogP contribution in [-0.2, 0) is 6.54 Å². The lowest BCUT2D eigenvalue weighted by Crippen LogP contribution is -2.36. The summed E-state index contributed by atoms with van der Waals surface area (Å²) in [5.74, 6) is 0. The number of aliphatic hydroxyl groups is 1. The molecule has 1 aromatic rings. The van der Waals surface area contributed by atoms with Crippen LogP contribution < -0.4 is 0 Å². The molecule has 0 saturated carbocycles. The molecule has 3 heteroatoms. The first-order chi connectivity index (χ1) is 9.70. The van der Waals surface area contributed by atoms with Crippen molar-refractivity contribution in [2.75, 3.05) is 6.54 Å². The van der Waals surface area contributed by atoms with Crippen molar-refractivity contribution in [3.63, 3.8) is 0 Å². The number of hydrogen-bond acceptors (Lipinski definition) is 3. The molecule has 1 heterocycles. The van der Waals surface area contributed by atoms with Crippen LogP contribution in [0.3, 0.4) is 0 Å². The fraction of sp³-hybridized carbons (Fsp3) is 0.588. The van der Waals surface area contributed by atoms with Gasteiger partial charge in [0.15, 0.2) is 0 Å². The van der Waals surface area contributed by atoms with Crippen LogP contribution in [0.25, 0.3) is 0 Å². The minimum Gasteiger partial charge on any atom is -0.393 e. The summed E-state index contributed by atoms with van der Waals surface area (Å²) >= 11 is 0. The predicted octanol–water partition coefficient (Wildman–Crippen LogP) is 3.07. The fourth-order valence-electron chi connectivity index (χ4n) is 3.09. The van der Waals surface area contributed by atoms with E-state index in [0.29, 0.717) is 6.04 Å². The topological polar surface area (TPSA) is 47.3 Å². The van der Waals surface area contributed by atoms with Crippen LogP contribution in [0, 0.1) is 11.3 Å². The highest BCUT2D eigenvalue weighted by molar-refractivity contribution is 5.37. The molecule has 2 rings (SSSR count). The van der Waals surface area contributed by atoms with E-state index in [0.717, 1.165) is 37.1 Å². The number of rotatable bonds is 4. The molecule has 0 aromatic heterocycles. The van der Waals surface area contributed by atoms with Crippen LogP contribution in [-0.4, -0.2) is 28.7 Å². The van der Waals surface area contributed by atoms with Crippen molar-refractivity contribution in [1.29, 1.82) is 5.26 Å². The molecule has 0 aliphatic carbocycles. The molecule has 1 aliphatic rings. The Bertz CT molecular complexity index is 464. The fourth-order valence-corrected chi connectivity index (χ4v) is 3.09.